The summed E-state index contributed by atoms with van der Waals surface area (Å²) in [6.07, 6.45) is 2.79. The Bertz CT molecular complexity index is 161. The average Bonchev–Trinajstić information content (AvgIpc) is 2.75. The molecule has 76 valence electrons. The highest BCUT2D eigenvalue weighted by Gasteiger charge is 2.30. The van der Waals surface area contributed by atoms with Crippen LogP contribution in [-0.4, -0.2) is 37.1 Å². The third-order valence-corrected chi connectivity index (χ3v) is 3.75. The molecule has 2 unspecified atom stereocenters. The van der Waals surface area contributed by atoms with E-state index in [9.17, 15) is 0 Å². The van der Waals surface area contributed by atoms with Crippen molar-refractivity contribution in [2.45, 2.75) is 32.7 Å². The topological polar surface area (TPSA) is 15.3 Å². The summed E-state index contributed by atoms with van der Waals surface area (Å²) < 4.78 is 0. The van der Waals surface area contributed by atoms with Gasteiger partial charge in [-0.2, -0.15) is 0 Å². The van der Waals surface area contributed by atoms with E-state index in [-0.39, 0.29) is 0 Å². The zero-order valence-electron chi connectivity index (χ0n) is 8.92. The molecule has 0 radical (unpaired) electrons. The number of rotatable bonds is 2. The lowest BCUT2D eigenvalue weighted by molar-refractivity contribution is 0.238. The number of nitrogens with zero attached hydrogens (tertiary/aromatic N) is 1. The van der Waals surface area contributed by atoms with Gasteiger partial charge >= 0.3 is 0 Å². The minimum absolute atomic E-state index is 0.851. The lowest BCUT2D eigenvalue weighted by Crippen LogP contribution is -2.35. The van der Waals surface area contributed by atoms with Gasteiger partial charge < -0.3 is 5.32 Å². The number of hydrogen-bond donors (Lipinski definition) is 1. The first kappa shape index (κ1) is 9.47. The summed E-state index contributed by atoms with van der Waals surface area (Å²) in [7, 11) is 0. The van der Waals surface area contributed by atoms with E-state index >= 15 is 0 Å². The predicted molar refractivity (Wildman–Crippen MR) is 55.8 cm³/mol. The van der Waals surface area contributed by atoms with E-state index in [0.717, 1.165) is 17.9 Å². The molecule has 0 bridgehead atoms. The van der Waals surface area contributed by atoms with Crippen LogP contribution in [0, 0.1) is 11.8 Å². The van der Waals surface area contributed by atoms with Gasteiger partial charge in [-0.05, 0) is 37.8 Å². The molecule has 2 saturated heterocycles. The van der Waals surface area contributed by atoms with E-state index in [2.05, 4.69) is 24.1 Å². The summed E-state index contributed by atoms with van der Waals surface area (Å²) in [5.41, 5.74) is 0. The van der Waals surface area contributed by atoms with E-state index in [4.69, 9.17) is 0 Å². The van der Waals surface area contributed by atoms with E-state index in [1.165, 1.54) is 39.0 Å². The van der Waals surface area contributed by atoms with Crippen molar-refractivity contribution >= 4 is 0 Å². The molecule has 13 heavy (non-hydrogen) atoms. The number of nitrogens with one attached hydrogen (secondary N) is 1. The van der Waals surface area contributed by atoms with Crippen LogP contribution in [0.25, 0.3) is 0 Å². The summed E-state index contributed by atoms with van der Waals surface area (Å²) in [6.45, 7) is 9.87. The molecule has 2 heterocycles. The molecule has 1 N–H and O–H groups in total. The van der Waals surface area contributed by atoms with Crippen molar-refractivity contribution in [3.63, 3.8) is 0 Å². The third kappa shape index (κ3) is 2.05. The minimum atomic E-state index is 0.851. The van der Waals surface area contributed by atoms with Gasteiger partial charge in [0.15, 0.2) is 0 Å². The van der Waals surface area contributed by atoms with E-state index in [1.54, 1.807) is 0 Å². The van der Waals surface area contributed by atoms with Crippen LogP contribution >= 0.6 is 0 Å². The van der Waals surface area contributed by atoms with Crippen molar-refractivity contribution in [3.8, 4) is 0 Å². The largest absolute Gasteiger partial charge is 0.315 e. The molecule has 2 fully saturated rings. The molecule has 0 spiro atoms. The van der Waals surface area contributed by atoms with Crippen molar-refractivity contribution in [3.05, 3.63) is 0 Å². The van der Waals surface area contributed by atoms with Gasteiger partial charge in [0.25, 0.3) is 0 Å². The Morgan fingerprint density at radius 3 is 2.69 bits per heavy atom. The maximum Gasteiger partial charge on any atom is 0.0232 e. The molecule has 2 rings (SSSR count). The molecule has 2 aliphatic heterocycles. The van der Waals surface area contributed by atoms with Gasteiger partial charge in [0.05, 0.1) is 0 Å². The first-order valence-corrected chi connectivity index (χ1v) is 5.72. The fourth-order valence-corrected chi connectivity index (χ4v) is 2.64. The SMILES string of the molecule is CC(C)C1CCN(C2CCNC2)C1. The highest BCUT2D eigenvalue weighted by Crippen LogP contribution is 2.26. The average molecular weight is 182 g/mol. The number of likely N-dealkylation sites (tertiary alicyclic amines) is 1. The van der Waals surface area contributed by atoms with Crippen molar-refractivity contribution in [2.75, 3.05) is 26.2 Å². The van der Waals surface area contributed by atoms with Crippen LogP contribution in [0.15, 0.2) is 0 Å². The normalized spacial score (nSPS) is 36.2. The van der Waals surface area contributed by atoms with Crippen molar-refractivity contribution in [1.29, 1.82) is 0 Å². The van der Waals surface area contributed by atoms with Gasteiger partial charge in [0.1, 0.15) is 0 Å². The fourth-order valence-electron chi connectivity index (χ4n) is 2.64. The van der Waals surface area contributed by atoms with Gasteiger partial charge in [0, 0.05) is 19.1 Å². The summed E-state index contributed by atoms with van der Waals surface area (Å²) in [5, 5.41) is 3.45. The van der Waals surface area contributed by atoms with Crippen molar-refractivity contribution in [1.82, 2.24) is 10.2 Å². The van der Waals surface area contributed by atoms with Crippen LogP contribution in [0.1, 0.15) is 26.7 Å². The first-order valence-electron chi connectivity index (χ1n) is 5.72. The zero-order valence-corrected chi connectivity index (χ0v) is 8.92. The van der Waals surface area contributed by atoms with Crippen LogP contribution in [0.5, 0.6) is 0 Å². The first-order chi connectivity index (χ1) is 6.27. The maximum atomic E-state index is 3.45. The Balaban J connectivity index is 1.83. The maximum absolute atomic E-state index is 3.45. The minimum Gasteiger partial charge on any atom is -0.315 e. The standard InChI is InChI=1S/C11H22N2/c1-9(2)10-4-6-13(8-10)11-3-5-12-7-11/h9-12H,3-8H2,1-2H3. The van der Waals surface area contributed by atoms with Crippen molar-refractivity contribution in [2.24, 2.45) is 11.8 Å². The third-order valence-electron chi connectivity index (χ3n) is 3.75. The van der Waals surface area contributed by atoms with Gasteiger partial charge in [-0.25, -0.2) is 0 Å². The molecule has 2 aliphatic rings. The lowest BCUT2D eigenvalue weighted by atomic mass is 9.95. The molecule has 2 nitrogen and oxygen atoms in total. The Morgan fingerprint density at radius 2 is 2.15 bits per heavy atom. The van der Waals surface area contributed by atoms with Crippen LogP contribution in [0.4, 0.5) is 0 Å². The summed E-state index contributed by atoms with van der Waals surface area (Å²) in [6, 6.07) is 0.851. The van der Waals surface area contributed by atoms with Crippen molar-refractivity contribution < 1.29 is 0 Å². The summed E-state index contributed by atoms with van der Waals surface area (Å²) in [4.78, 5) is 2.70. The monoisotopic (exact) mass is 182 g/mol. The van der Waals surface area contributed by atoms with Gasteiger partial charge in [-0.1, -0.05) is 13.8 Å². The summed E-state index contributed by atoms with van der Waals surface area (Å²) in [5.74, 6) is 1.83. The lowest BCUT2D eigenvalue weighted by Gasteiger charge is -2.23. The second-order valence-corrected chi connectivity index (χ2v) is 4.93. The van der Waals surface area contributed by atoms with E-state index in [0.29, 0.717) is 0 Å². The van der Waals surface area contributed by atoms with Gasteiger partial charge in [-0.3, -0.25) is 4.90 Å². The fraction of sp³-hybridized carbons (Fsp3) is 1.00. The molecule has 0 aliphatic carbocycles. The Morgan fingerprint density at radius 1 is 1.31 bits per heavy atom. The Labute approximate surface area is 81.7 Å². The molecule has 2 atom stereocenters. The quantitative estimate of drug-likeness (QED) is 0.693. The van der Waals surface area contributed by atoms with Crippen LogP contribution in [0.3, 0.4) is 0 Å². The van der Waals surface area contributed by atoms with Crippen LogP contribution in [-0.2, 0) is 0 Å². The molecule has 0 aromatic rings. The van der Waals surface area contributed by atoms with E-state index in [1.807, 2.05) is 0 Å². The molecule has 0 aromatic heterocycles. The summed E-state index contributed by atoms with van der Waals surface area (Å²) >= 11 is 0. The Kier molecular flexibility index (Phi) is 2.89. The molecule has 0 aromatic carbocycles. The smallest absolute Gasteiger partial charge is 0.0232 e. The van der Waals surface area contributed by atoms with Gasteiger partial charge in [0.2, 0.25) is 0 Å². The molecule has 0 saturated carbocycles. The molecular weight excluding hydrogens is 160 g/mol. The van der Waals surface area contributed by atoms with Crippen LogP contribution < -0.4 is 5.32 Å². The van der Waals surface area contributed by atoms with Crippen LogP contribution in [0.2, 0.25) is 0 Å². The highest BCUT2D eigenvalue weighted by molar-refractivity contribution is 4.86. The zero-order chi connectivity index (χ0) is 9.26. The van der Waals surface area contributed by atoms with E-state index < -0.39 is 0 Å². The second-order valence-electron chi connectivity index (χ2n) is 4.93. The molecule has 2 heteroatoms. The molecule has 0 amide bonds. The second kappa shape index (κ2) is 3.97. The predicted octanol–water partition coefficient (Wildman–Crippen LogP) is 1.33. The molecular formula is C11H22N2. The van der Waals surface area contributed by atoms with Gasteiger partial charge in [-0.15, -0.1) is 0 Å². The number of hydrogen-bond acceptors (Lipinski definition) is 2. The highest BCUT2D eigenvalue weighted by atomic mass is 15.2. The Hall–Kier alpha value is -0.0800.